The zero-order valence-corrected chi connectivity index (χ0v) is 8.63. The number of thioether (sulfide) groups is 1. The first-order valence-corrected chi connectivity index (χ1v) is 5.58. The fourth-order valence-corrected chi connectivity index (χ4v) is 2.61. The molecular formula is C10H10FNO2S. The zero-order chi connectivity index (χ0) is 10.8. The summed E-state index contributed by atoms with van der Waals surface area (Å²) in [5, 5.41) is 11.0. The summed E-state index contributed by atoms with van der Waals surface area (Å²) in [5.41, 5.74) is 0.536. The van der Waals surface area contributed by atoms with Crippen LogP contribution in [0.5, 0.6) is 0 Å². The molecule has 0 amide bonds. The van der Waals surface area contributed by atoms with Crippen molar-refractivity contribution in [2.45, 2.75) is 11.4 Å². The second-order valence-corrected chi connectivity index (χ2v) is 4.43. The molecule has 1 aromatic rings. The maximum absolute atomic E-state index is 13.4. The molecule has 2 atom stereocenters. The third kappa shape index (κ3) is 2.13. The van der Waals surface area contributed by atoms with E-state index >= 15 is 0 Å². The molecule has 0 aliphatic carbocycles. The molecule has 2 N–H and O–H groups in total. The van der Waals surface area contributed by atoms with Gasteiger partial charge in [0.25, 0.3) is 0 Å². The summed E-state index contributed by atoms with van der Waals surface area (Å²) >= 11 is 1.28. The molecular weight excluding hydrogens is 217 g/mol. The van der Waals surface area contributed by atoms with E-state index < -0.39 is 11.3 Å². The Morgan fingerprint density at radius 2 is 2.27 bits per heavy atom. The third-order valence-electron chi connectivity index (χ3n) is 2.29. The summed E-state index contributed by atoms with van der Waals surface area (Å²) in [6.45, 7) is 0. The van der Waals surface area contributed by atoms with Gasteiger partial charge in [-0.05, 0) is 6.07 Å². The zero-order valence-electron chi connectivity index (χ0n) is 7.81. The highest BCUT2D eigenvalue weighted by molar-refractivity contribution is 8.00. The summed E-state index contributed by atoms with van der Waals surface area (Å²) < 4.78 is 13.4. The second kappa shape index (κ2) is 4.20. The number of carbonyl (C=O) groups is 1. The van der Waals surface area contributed by atoms with E-state index in [2.05, 4.69) is 5.32 Å². The molecule has 0 saturated carbocycles. The smallest absolute Gasteiger partial charge is 0.331 e. The fraction of sp³-hybridized carbons (Fsp3) is 0.300. The molecule has 1 aromatic carbocycles. The molecule has 2 rings (SSSR count). The van der Waals surface area contributed by atoms with Gasteiger partial charge in [0.2, 0.25) is 0 Å². The van der Waals surface area contributed by atoms with E-state index in [1.54, 1.807) is 18.2 Å². The van der Waals surface area contributed by atoms with E-state index in [0.29, 0.717) is 11.3 Å². The molecule has 1 fully saturated rings. The van der Waals surface area contributed by atoms with Gasteiger partial charge in [0, 0.05) is 17.4 Å². The molecule has 3 nitrogen and oxygen atoms in total. The maximum atomic E-state index is 13.4. The first-order chi connectivity index (χ1) is 7.18. The van der Waals surface area contributed by atoms with Crippen molar-refractivity contribution in [1.29, 1.82) is 0 Å². The molecule has 0 radical (unpaired) electrons. The predicted molar refractivity (Wildman–Crippen MR) is 56.2 cm³/mol. The number of halogens is 1. The number of hydrogen-bond acceptors (Lipinski definition) is 3. The molecule has 1 saturated heterocycles. The summed E-state index contributed by atoms with van der Waals surface area (Å²) in [6, 6.07) is 6.22. The lowest BCUT2D eigenvalue weighted by Crippen LogP contribution is -2.30. The Labute approximate surface area is 90.7 Å². The van der Waals surface area contributed by atoms with Gasteiger partial charge in [-0.3, -0.25) is 5.32 Å². The van der Waals surface area contributed by atoms with Gasteiger partial charge in [0.15, 0.2) is 5.37 Å². The SMILES string of the molecule is O=C(O)[C@@H]1N[C@@H](c2ccccc2F)CS1. The number of rotatable bonds is 2. The Balaban J connectivity index is 2.14. The van der Waals surface area contributed by atoms with E-state index in [0.717, 1.165) is 0 Å². The largest absolute Gasteiger partial charge is 0.479 e. The van der Waals surface area contributed by atoms with Crippen molar-refractivity contribution in [1.82, 2.24) is 5.32 Å². The minimum Gasteiger partial charge on any atom is -0.479 e. The van der Waals surface area contributed by atoms with E-state index in [-0.39, 0.29) is 11.9 Å². The van der Waals surface area contributed by atoms with E-state index in [1.807, 2.05) is 0 Å². The lowest BCUT2D eigenvalue weighted by molar-refractivity contribution is -0.137. The molecule has 0 aromatic heterocycles. The maximum Gasteiger partial charge on any atom is 0.331 e. The normalized spacial score (nSPS) is 25.4. The van der Waals surface area contributed by atoms with Crippen LogP contribution in [0, 0.1) is 5.82 Å². The lowest BCUT2D eigenvalue weighted by atomic mass is 10.1. The quantitative estimate of drug-likeness (QED) is 0.806. The summed E-state index contributed by atoms with van der Waals surface area (Å²) in [6.07, 6.45) is 0. The van der Waals surface area contributed by atoms with Gasteiger partial charge >= 0.3 is 5.97 Å². The molecule has 0 bridgehead atoms. The average Bonchev–Trinajstić information content (AvgIpc) is 2.67. The standard InChI is InChI=1S/C10H10FNO2S/c11-7-4-2-1-3-6(7)8-5-15-9(12-8)10(13)14/h1-4,8-9,12H,5H2,(H,13,14)/t8-,9-/m1/s1. The van der Waals surface area contributed by atoms with Crippen molar-refractivity contribution in [3.8, 4) is 0 Å². The van der Waals surface area contributed by atoms with Crippen molar-refractivity contribution in [2.24, 2.45) is 0 Å². The van der Waals surface area contributed by atoms with E-state index in [9.17, 15) is 9.18 Å². The monoisotopic (exact) mass is 227 g/mol. The van der Waals surface area contributed by atoms with Crippen LogP contribution in [0.3, 0.4) is 0 Å². The molecule has 1 aliphatic heterocycles. The molecule has 1 aliphatic rings. The Hall–Kier alpha value is -1.07. The van der Waals surface area contributed by atoms with E-state index in [1.165, 1.54) is 17.8 Å². The Morgan fingerprint density at radius 1 is 1.53 bits per heavy atom. The number of aliphatic carboxylic acids is 1. The number of benzene rings is 1. The van der Waals surface area contributed by atoms with Crippen LogP contribution in [0.2, 0.25) is 0 Å². The van der Waals surface area contributed by atoms with Gasteiger partial charge in [-0.15, -0.1) is 11.8 Å². The fourth-order valence-electron chi connectivity index (χ4n) is 1.55. The van der Waals surface area contributed by atoms with Gasteiger partial charge < -0.3 is 5.11 Å². The van der Waals surface area contributed by atoms with Crippen LogP contribution in [0.15, 0.2) is 24.3 Å². The number of carboxylic acid groups (broad SMARTS) is 1. The van der Waals surface area contributed by atoms with Crippen molar-refractivity contribution < 1.29 is 14.3 Å². The summed E-state index contributed by atoms with van der Waals surface area (Å²) in [5.74, 6) is -0.613. The van der Waals surface area contributed by atoms with Crippen LogP contribution >= 0.6 is 11.8 Å². The average molecular weight is 227 g/mol. The Bertz CT molecular complexity index is 385. The number of carboxylic acids is 1. The molecule has 80 valence electrons. The second-order valence-electron chi connectivity index (χ2n) is 3.29. The number of hydrogen-bond donors (Lipinski definition) is 2. The van der Waals surface area contributed by atoms with Gasteiger partial charge in [0.05, 0.1) is 0 Å². The Kier molecular flexibility index (Phi) is 2.93. The highest BCUT2D eigenvalue weighted by Gasteiger charge is 2.31. The highest BCUT2D eigenvalue weighted by atomic mass is 32.2. The van der Waals surface area contributed by atoms with Crippen molar-refractivity contribution in [2.75, 3.05) is 5.75 Å². The third-order valence-corrected chi connectivity index (χ3v) is 3.48. The first-order valence-electron chi connectivity index (χ1n) is 4.53. The highest BCUT2D eigenvalue weighted by Crippen LogP contribution is 2.30. The van der Waals surface area contributed by atoms with Gasteiger partial charge in [0.1, 0.15) is 5.82 Å². The van der Waals surface area contributed by atoms with E-state index in [4.69, 9.17) is 5.11 Å². The van der Waals surface area contributed by atoms with Gasteiger partial charge in [-0.2, -0.15) is 0 Å². The molecule has 1 heterocycles. The van der Waals surface area contributed by atoms with Crippen LogP contribution in [0.4, 0.5) is 4.39 Å². The minimum absolute atomic E-state index is 0.211. The molecule has 0 spiro atoms. The van der Waals surface area contributed by atoms with Crippen molar-refractivity contribution in [3.05, 3.63) is 35.6 Å². The first kappa shape index (κ1) is 10.4. The topological polar surface area (TPSA) is 49.3 Å². The van der Waals surface area contributed by atoms with Crippen molar-refractivity contribution in [3.63, 3.8) is 0 Å². The van der Waals surface area contributed by atoms with Crippen LogP contribution in [0.1, 0.15) is 11.6 Å². The van der Waals surface area contributed by atoms with Gasteiger partial charge in [-0.1, -0.05) is 18.2 Å². The Morgan fingerprint density at radius 3 is 2.87 bits per heavy atom. The van der Waals surface area contributed by atoms with Crippen LogP contribution < -0.4 is 5.32 Å². The van der Waals surface area contributed by atoms with Crippen LogP contribution in [0.25, 0.3) is 0 Å². The minimum atomic E-state index is -0.904. The van der Waals surface area contributed by atoms with Gasteiger partial charge in [-0.25, -0.2) is 9.18 Å². The molecule has 5 heteroatoms. The van der Waals surface area contributed by atoms with Crippen molar-refractivity contribution >= 4 is 17.7 Å². The summed E-state index contributed by atoms with van der Waals surface area (Å²) in [7, 11) is 0. The molecule has 15 heavy (non-hydrogen) atoms. The number of nitrogens with one attached hydrogen (secondary N) is 1. The molecule has 0 unspecified atom stereocenters. The predicted octanol–water partition coefficient (Wildman–Crippen LogP) is 1.61. The van der Waals surface area contributed by atoms with Crippen LogP contribution in [-0.2, 0) is 4.79 Å². The van der Waals surface area contributed by atoms with Crippen LogP contribution in [-0.4, -0.2) is 22.2 Å². The lowest BCUT2D eigenvalue weighted by Gasteiger charge is -2.11. The summed E-state index contributed by atoms with van der Waals surface area (Å²) in [4.78, 5) is 10.7.